The first kappa shape index (κ1) is 13.3. The summed E-state index contributed by atoms with van der Waals surface area (Å²) >= 11 is 0. The van der Waals surface area contributed by atoms with Gasteiger partial charge in [-0.2, -0.15) is 5.26 Å². The smallest absolute Gasteiger partial charge is 0.164 e. The Balaban J connectivity index is 2.81. The van der Waals surface area contributed by atoms with Gasteiger partial charge in [-0.1, -0.05) is 20.8 Å². The molecule has 0 bridgehead atoms. The first-order valence-corrected chi connectivity index (χ1v) is 6.01. The van der Waals surface area contributed by atoms with E-state index in [0.29, 0.717) is 28.4 Å². The van der Waals surface area contributed by atoms with Crippen molar-refractivity contribution in [2.45, 2.75) is 26.2 Å². The monoisotopic (exact) mass is 259 g/mol. The molecule has 0 radical (unpaired) electrons. The number of benzene rings is 1. The number of ether oxygens (including phenoxy) is 2. The first-order chi connectivity index (χ1) is 8.92. The highest BCUT2D eigenvalue weighted by Crippen LogP contribution is 2.39. The molecule has 0 amide bonds. The molecular weight excluding hydrogens is 242 g/mol. The van der Waals surface area contributed by atoms with Crippen LogP contribution in [0.4, 0.5) is 0 Å². The van der Waals surface area contributed by atoms with Gasteiger partial charge in [0.05, 0.1) is 14.2 Å². The molecule has 0 saturated carbocycles. The second-order valence-corrected chi connectivity index (χ2v) is 5.37. The second kappa shape index (κ2) is 4.51. The SMILES string of the molecule is COc1cc2oc(C(C)(C)C)c(C#N)c2cc1OC. The zero-order valence-electron chi connectivity index (χ0n) is 11.8. The Morgan fingerprint density at radius 3 is 2.16 bits per heavy atom. The van der Waals surface area contributed by atoms with Crippen molar-refractivity contribution >= 4 is 11.0 Å². The maximum absolute atomic E-state index is 9.38. The molecule has 0 unspecified atom stereocenters. The van der Waals surface area contributed by atoms with Crippen molar-refractivity contribution in [3.63, 3.8) is 0 Å². The minimum absolute atomic E-state index is 0.232. The van der Waals surface area contributed by atoms with E-state index >= 15 is 0 Å². The minimum atomic E-state index is -0.232. The summed E-state index contributed by atoms with van der Waals surface area (Å²) in [6.45, 7) is 6.04. The van der Waals surface area contributed by atoms with E-state index < -0.39 is 0 Å². The number of rotatable bonds is 2. The Hall–Kier alpha value is -2.15. The summed E-state index contributed by atoms with van der Waals surface area (Å²) < 4.78 is 16.3. The topological polar surface area (TPSA) is 55.4 Å². The van der Waals surface area contributed by atoms with Crippen LogP contribution in [0.1, 0.15) is 32.1 Å². The van der Waals surface area contributed by atoms with Crippen molar-refractivity contribution in [3.8, 4) is 17.6 Å². The van der Waals surface area contributed by atoms with Gasteiger partial charge in [0.2, 0.25) is 0 Å². The molecule has 1 aromatic carbocycles. The molecule has 0 fully saturated rings. The van der Waals surface area contributed by atoms with Crippen LogP contribution in [0.3, 0.4) is 0 Å². The molecular formula is C15H17NO3. The van der Waals surface area contributed by atoms with Gasteiger partial charge in [0.1, 0.15) is 23.0 Å². The lowest BCUT2D eigenvalue weighted by Gasteiger charge is -2.14. The highest BCUT2D eigenvalue weighted by Gasteiger charge is 2.26. The number of fused-ring (bicyclic) bond motifs is 1. The van der Waals surface area contributed by atoms with Crippen LogP contribution in [0.5, 0.6) is 11.5 Å². The number of furan rings is 1. The van der Waals surface area contributed by atoms with Crippen molar-refractivity contribution in [2.24, 2.45) is 0 Å². The van der Waals surface area contributed by atoms with Gasteiger partial charge < -0.3 is 13.9 Å². The van der Waals surface area contributed by atoms with Gasteiger partial charge in [-0.05, 0) is 6.07 Å². The van der Waals surface area contributed by atoms with Gasteiger partial charge in [-0.25, -0.2) is 0 Å². The number of hydrogen-bond acceptors (Lipinski definition) is 4. The summed E-state index contributed by atoms with van der Waals surface area (Å²) in [6, 6.07) is 5.76. The molecule has 1 aromatic heterocycles. The van der Waals surface area contributed by atoms with Crippen LogP contribution in [0.25, 0.3) is 11.0 Å². The van der Waals surface area contributed by atoms with Crippen LogP contribution < -0.4 is 9.47 Å². The maximum Gasteiger partial charge on any atom is 0.164 e. The third-order valence-electron chi connectivity index (χ3n) is 2.99. The van der Waals surface area contributed by atoms with Crippen molar-refractivity contribution in [3.05, 3.63) is 23.5 Å². The molecule has 0 spiro atoms. The zero-order chi connectivity index (χ0) is 14.2. The molecule has 0 aliphatic rings. The molecule has 19 heavy (non-hydrogen) atoms. The van der Waals surface area contributed by atoms with E-state index in [9.17, 15) is 5.26 Å². The molecule has 0 aliphatic heterocycles. The van der Waals surface area contributed by atoms with Crippen LogP contribution >= 0.6 is 0 Å². The van der Waals surface area contributed by atoms with Crippen LogP contribution in [0.15, 0.2) is 16.5 Å². The van der Waals surface area contributed by atoms with E-state index in [1.54, 1.807) is 26.4 Å². The molecule has 4 heteroatoms. The number of hydrogen-bond donors (Lipinski definition) is 0. The van der Waals surface area contributed by atoms with Crippen LogP contribution in [0.2, 0.25) is 0 Å². The summed E-state index contributed by atoms with van der Waals surface area (Å²) in [5, 5.41) is 10.1. The van der Waals surface area contributed by atoms with Crippen LogP contribution in [-0.4, -0.2) is 14.2 Å². The van der Waals surface area contributed by atoms with Gasteiger partial charge in [-0.3, -0.25) is 0 Å². The highest BCUT2D eigenvalue weighted by atomic mass is 16.5. The largest absolute Gasteiger partial charge is 0.493 e. The third-order valence-corrected chi connectivity index (χ3v) is 2.99. The van der Waals surface area contributed by atoms with E-state index in [1.807, 2.05) is 20.8 Å². The summed E-state index contributed by atoms with van der Waals surface area (Å²) in [5.41, 5.74) is 0.965. The molecule has 2 aromatic rings. The predicted octanol–water partition coefficient (Wildman–Crippen LogP) is 3.62. The summed E-state index contributed by atoms with van der Waals surface area (Å²) in [5.74, 6) is 1.86. The molecule has 100 valence electrons. The van der Waals surface area contributed by atoms with Gasteiger partial charge in [0, 0.05) is 16.9 Å². The van der Waals surface area contributed by atoms with Gasteiger partial charge in [0.15, 0.2) is 11.5 Å². The Morgan fingerprint density at radius 2 is 1.68 bits per heavy atom. The van der Waals surface area contributed by atoms with Gasteiger partial charge >= 0.3 is 0 Å². The molecule has 2 rings (SSSR count). The lowest BCUT2D eigenvalue weighted by Crippen LogP contribution is -2.11. The Labute approximate surface area is 112 Å². The normalized spacial score (nSPS) is 11.4. The molecule has 0 saturated heterocycles. The number of methoxy groups -OCH3 is 2. The second-order valence-electron chi connectivity index (χ2n) is 5.37. The number of nitrogens with zero attached hydrogens (tertiary/aromatic N) is 1. The summed E-state index contributed by atoms with van der Waals surface area (Å²) in [4.78, 5) is 0. The fraction of sp³-hybridized carbons (Fsp3) is 0.400. The Kier molecular flexibility index (Phi) is 3.15. The van der Waals surface area contributed by atoms with E-state index in [4.69, 9.17) is 13.9 Å². The molecule has 4 nitrogen and oxygen atoms in total. The van der Waals surface area contributed by atoms with Crippen molar-refractivity contribution in [1.29, 1.82) is 5.26 Å². The average molecular weight is 259 g/mol. The molecule has 0 atom stereocenters. The fourth-order valence-electron chi connectivity index (χ4n) is 2.06. The van der Waals surface area contributed by atoms with E-state index in [2.05, 4.69) is 6.07 Å². The lowest BCUT2D eigenvalue weighted by molar-refractivity contribution is 0.355. The lowest BCUT2D eigenvalue weighted by atomic mass is 9.90. The predicted molar refractivity (Wildman–Crippen MR) is 72.7 cm³/mol. The minimum Gasteiger partial charge on any atom is -0.493 e. The summed E-state index contributed by atoms with van der Waals surface area (Å²) in [7, 11) is 3.14. The van der Waals surface area contributed by atoms with E-state index in [1.165, 1.54) is 0 Å². The van der Waals surface area contributed by atoms with Crippen LogP contribution in [-0.2, 0) is 5.41 Å². The number of nitriles is 1. The standard InChI is InChI=1S/C15H17NO3/c1-15(2,3)14-10(8-16)9-6-12(17-4)13(18-5)7-11(9)19-14/h6-7H,1-5H3. The molecule has 1 heterocycles. The van der Waals surface area contributed by atoms with Crippen molar-refractivity contribution in [2.75, 3.05) is 14.2 Å². The summed E-state index contributed by atoms with van der Waals surface area (Å²) in [6.07, 6.45) is 0. The van der Waals surface area contributed by atoms with Crippen molar-refractivity contribution < 1.29 is 13.9 Å². The maximum atomic E-state index is 9.38. The Bertz CT molecular complexity index is 657. The fourth-order valence-corrected chi connectivity index (χ4v) is 2.06. The van der Waals surface area contributed by atoms with E-state index in [0.717, 1.165) is 5.39 Å². The van der Waals surface area contributed by atoms with Gasteiger partial charge in [0.25, 0.3) is 0 Å². The highest BCUT2D eigenvalue weighted by molar-refractivity contribution is 5.88. The molecule has 0 N–H and O–H groups in total. The zero-order valence-corrected chi connectivity index (χ0v) is 11.8. The quantitative estimate of drug-likeness (QED) is 0.826. The van der Waals surface area contributed by atoms with Gasteiger partial charge in [-0.15, -0.1) is 0 Å². The first-order valence-electron chi connectivity index (χ1n) is 6.01. The Morgan fingerprint density at radius 1 is 1.11 bits per heavy atom. The molecule has 0 aliphatic carbocycles. The van der Waals surface area contributed by atoms with Crippen LogP contribution in [0, 0.1) is 11.3 Å². The van der Waals surface area contributed by atoms with E-state index in [-0.39, 0.29) is 5.41 Å². The average Bonchev–Trinajstić information content (AvgIpc) is 2.74. The van der Waals surface area contributed by atoms with Crippen molar-refractivity contribution in [1.82, 2.24) is 0 Å². The third kappa shape index (κ3) is 2.12.